The fraction of sp³-hybridized carbons (Fsp3) is 0.667. The molecule has 3 unspecified atom stereocenters. The zero-order valence-corrected chi connectivity index (χ0v) is 10.0. The second-order valence-corrected chi connectivity index (χ2v) is 5.45. The Kier molecular flexibility index (Phi) is 3.78. The molecule has 0 aromatic carbocycles. The second kappa shape index (κ2) is 5.10. The zero-order valence-electron chi connectivity index (χ0n) is 9.19. The van der Waals surface area contributed by atoms with Crippen molar-refractivity contribution in [3.05, 3.63) is 22.4 Å². The van der Waals surface area contributed by atoms with E-state index in [0.717, 1.165) is 25.9 Å². The molecule has 0 bridgehead atoms. The number of hydrogen-bond donors (Lipinski definition) is 1. The lowest BCUT2D eigenvalue weighted by atomic mass is 9.94. The molecule has 3 heteroatoms. The van der Waals surface area contributed by atoms with E-state index >= 15 is 0 Å². The Hall–Kier alpha value is -0.380. The molecule has 2 rings (SSSR count). The summed E-state index contributed by atoms with van der Waals surface area (Å²) in [6.07, 6.45) is 3.74. The molecule has 0 amide bonds. The molecular weight excluding hydrogens is 206 g/mol. The lowest BCUT2D eigenvalue weighted by Crippen LogP contribution is -2.30. The molecule has 0 radical (unpaired) electrons. The minimum absolute atomic E-state index is 0.303. The average molecular weight is 225 g/mol. The highest BCUT2D eigenvalue weighted by molar-refractivity contribution is 7.09. The van der Waals surface area contributed by atoms with E-state index in [2.05, 4.69) is 24.4 Å². The van der Waals surface area contributed by atoms with Crippen LogP contribution in [0.3, 0.4) is 0 Å². The van der Waals surface area contributed by atoms with Crippen molar-refractivity contribution in [1.29, 1.82) is 0 Å². The van der Waals surface area contributed by atoms with Crippen LogP contribution in [0, 0.1) is 5.92 Å². The molecule has 2 nitrogen and oxygen atoms in total. The van der Waals surface area contributed by atoms with Gasteiger partial charge in [-0.2, -0.15) is 0 Å². The third kappa shape index (κ3) is 3.03. The summed E-state index contributed by atoms with van der Waals surface area (Å²) in [6.45, 7) is 2.98. The zero-order chi connectivity index (χ0) is 10.7. The van der Waals surface area contributed by atoms with Crippen LogP contribution in [0.4, 0.5) is 0 Å². The highest BCUT2D eigenvalue weighted by atomic mass is 32.1. The summed E-state index contributed by atoms with van der Waals surface area (Å²) in [5, 5.41) is 2.13. The van der Waals surface area contributed by atoms with Gasteiger partial charge >= 0.3 is 0 Å². The van der Waals surface area contributed by atoms with Gasteiger partial charge in [-0.05, 0) is 43.6 Å². The molecule has 2 N–H and O–H groups in total. The van der Waals surface area contributed by atoms with Crippen molar-refractivity contribution in [1.82, 2.24) is 0 Å². The summed E-state index contributed by atoms with van der Waals surface area (Å²) >= 11 is 1.82. The first kappa shape index (κ1) is 11.1. The van der Waals surface area contributed by atoms with Gasteiger partial charge in [0.2, 0.25) is 0 Å². The maximum Gasteiger partial charge on any atom is 0.0551 e. The predicted octanol–water partition coefficient (Wildman–Crippen LogP) is 2.43. The number of thiophene rings is 1. The molecule has 1 fully saturated rings. The van der Waals surface area contributed by atoms with Crippen LogP contribution in [0.2, 0.25) is 0 Å². The molecule has 3 atom stereocenters. The summed E-state index contributed by atoms with van der Waals surface area (Å²) in [6, 6.07) is 4.59. The van der Waals surface area contributed by atoms with E-state index in [1.54, 1.807) is 0 Å². The maximum absolute atomic E-state index is 6.18. The van der Waals surface area contributed by atoms with Crippen LogP contribution in [0.15, 0.2) is 17.5 Å². The van der Waals surface area contributed by atoms with Crippen LogP contribution >= 0.6 is 11.3 Å². The number of rotatable bonds is 4. The van der Waals surface area contributed by atoms with Crippen LogP contribution in [0.1, 0.15) is 24.6 Å². The normalized spacial score (nSPS) is 28.1. The molecule has 0 saturated carbocycles. The van der Waals surface area contributed by atoms with Gasteiger partial charge in [0, 0.05) is 10.9 Å². The summed E-state index contributed by atoms with van der Waals surface area (Å²) in [5.41, 5.74) is 6.18. The van der Waals surface area contributed by atoms with E-state index < -0.39 is 0 Å². The van der Waals surface area contributed by atoms with Crippen molar-refractivity contribution in [2.75, 3.05) is 6.61 Å². The number of nitrogens with two attached hydrogens (primary N) is 1. The smallest absolute Gasteiger partial charge is 0.0551 e. The Bertz CT molecular complexity index is 286. The first-order chi connectivity index (χ1) is 7.25. The quantitative estimate of drug-likeness (QED) is 0.854. The summed E-state index contributed by atoms with van der Waals surface area (Å²) in [7, 11) is 0. The minimum Gasteiger partial charge on any atom is -0.378 e. The van der Waals surface area contributed by atoms with E-state index in [9.17, 15) is 0 Å². The van der Waals surface area contributed by atoms with Crippen molar-refractivity contribution in [2.24, 2.45) is 11.7 Å². The molecule has 84 valence electrons. The Morgan fingerprint density at radius 3 is 3.13 bits per heavy atom. The van der Waals surface area contributed by atoms with Gasteiger partial charge in [0.15, 0.2) is 0 Å². The van der Waals surface area contributed by atoms with Crippen LogP contribution in [-0.4, -0.2) is 18.8 Å². The third-order valence-corrected chi connectivity index (χ3v) is 4.08. The summed E-state index contributed by atoms with van der Waals surface area (Å²) in [5.74, 6) is 0.569. The van der Waals surface area contributed by atoms with Gasteiger partial charge in [-0.3, -0.25) is 0 Å². The molecule has 1 aromatic rings. The largest absolute Gasteiger partial charge is 0.378 e. The topological polar surface area (TPSA) is 35.2 Å². The van der Waals surface area contributed by atoms with Gasteiger partial charge < -0.3 is 10.5 Å². The number of ether oxygens (including phenoxy) is 1. The van der Waals surface area contributed by atoms with Crippen LogP contribution in [0.25, 0.3) is 0 Å². The van der Waals surface area contributed by atoms with Gasteiger partial charge in [0.25, 0.3) is 0 Å². The van der Waals surface area contributed by atoms with Crippen molar-refractivity contribution < 1.29 is 4.74 Å². The fourth-order valence-electron chi connectivity index (χ4n) is 2.15. The van der Waals surface area contributed by atoms with Gasteiger partial charge in [-0.15, -0.1) is 11.3 Å². The Morgan fingerprint density at radius 2 is 2.53 bits per heavy atom. The van der Waals surface area contributed by atoms with E-state index in [0.29, 0.717) is 18.1 Å². The van der Waals surface area contributed by atoms with E-state index in [1.807, 2.05) is 11.3 Å². The molecule has 0 spiro atoms. The first-order valence-electron chi connectivity index (χ1n) is 5.65. The molecule has 1 aliphatic heterocycles. The van der Waals surface area contributed by atoms with Crippen molar-refractivity contribution in [2.45, 2.75) is 38.3 Å². The summed E-state index contributed by atoms with van der Waals surface area (Å²) in [4.78, 5) is 1.44. The Balaban J connectivity index is 1.75. The Morgan fingerprint density at radius 1 is 1.67 bits per heavy atom. The van der Waals surface area contributed by atoms with Gasteiger partial charge in [-0.1, -0.05) is 6.07 Å². The minimum atomic E-state index is 0.303. The molecule has 1 saturated heterocycles. The van der Waals surface area contributed by atoms with E-state index in [4.69, 9.17) is 10.5 Å². The molecule has 15 heavy (non-hydrogen) atoms. The van der Waals surface area contributed by atoms with Crippen LogP contribution in [-0.2, 0) is 11.2 Å². The highest BCUT2D eigenvalue weighted by Crippen LogP contribution is 2.24. The lowest BCUT2D eigenvalue weighted by molar-refractivity contribution is 0.118. The predicted molar refractivity (Wildman–Crippen MR) is 64.1 cm³/mol. The standard InChI is InChI=1S/C12H19NOS/c1-9-7-10(8-14-9)12(13)5-4-11-3-2-6-15-11/h2-3,6,9-10,12H,4-5,7-8,13H2,1H3. The van der Waals surface area contributed by atoms with Gasteiger partial charge in [0.05, 0.1) is 12.7 Å². The van der Waals surface area contributed by atoms with Crippen LogP contribution < -0.4 is 5.73 Å². The lowest BCUT2D eigenvalue weighted by Gasteiger charge is -2.16. The summed E-state index contributed by atoms with van der Waals surface area (Å²) < 4.78 is 5.55. The third-order valence-electron chi connectivity index (χ3n) is 3.14. The van der Waals surface area contributed by atoms with E-state index in [-0.39, 0.29) is 0 Å². The fourth-order valence-corrected chi connectivity index (χ4v) is 2.87. The molecule has 2 heterocycles. The molecule has 0 aliphatic carbocycles. The van der Waals surface area contributed by atoms with Gasteiger partial charge in [0.1, 0.15) is 0 Å². The van der Waals surface area contributed by atoms with Crippen molar-refractivity contribution in [3.8, 4) is 0 Å². The number of hydrogen-bond acceptors (Lipinski definition) is 3. The molecule has 1 aromatic heterocycles. The molecule has 1 aliphatic rings. The monoisotopic (exact) mass is 225 g/mol. The van der Waals surface area contributed by atoms with Crippen molar-refractivity contribution in [3.63, 3.8) is 0 Å². The van der Waals surface area contributed by atoms with E-state index in [1.165, 1.54) is 4.88 Å². The second-order valence-electron chi connectivity index (χ2n) is 4.42. The average Bonchev–Trinajstić information content (AvgIpc) is 2.84. The highest BCUT2D eigenvalue weighted by Gasteiger charge is 2.26. The van der Waals surface area contributed by atoms with Crippen molar-refractivity contribution >= 4 is 11.3 Å². The first-order valence-corrected chi connectivity index (χ1v) is 6.53. The molecular formula is C12H19NOS. The SMILES string of the molecule is CC1CC(C(N)CCc2cccs2)CO1. The van der Waals surface area contributed by atoms with Gasteiger partial charge in [-0.25, -0.2) is 0 Å². The number of aryl methyl sites for hydroxylation is 1. The maximum atomic E-state index is 6.18. The van der Waals surface area contributed by atoms with Crippen LogP contribution in [0.5, 0.6) is 0 Å². The Labute approximate surface area is 95.4 Å².